The van der Waals surface area contributed by atoms with Crippen molar-refractivity contribution < 1.29 is 22.7 Å². The van der Waals surface area contributed by atoms with Gasteiger partial charge in [0.25, 0.3) is 0 Å². The van der Waals surface area contributed by atoms with Gasteiger partial charge in [-0.05, 0) is 69.5 Å². The molecule has 34 heavy (non-hydrogen) atoms. The SMILES string of the molecule is CCOc1ccccc1NC(=O)C1CCN(S(=O)(=O)c2ccc3c(c2)C(C)(C)C(=O)N3C)CC1. The van der Waals surface area contributed by atoms with Crippen LogP contribution in [0, 0.1) is 5.92 Å². The number of amides is 2. The monoisotopic (exact) mass is 485 g/mol. The van der Waals surface area contributed by atoms with Crippen molar-refractivity contribution in [3.05, 3.63) is 48.0 Å². The second kappa shape index (κ2) is 9.03. The minimum atomic E-state index is -3.74. The number of hydrogen-bond acceptors (Lipinski definition) is 5. The second-order valence-corrected chi connectivity index (χ2v) is 11.2. The highest BCUT2D eigenvalue weighted by Crippen LogP contribution is 2.42. The molecule has 1 saturated heterocycles. The Bertz CT molecular complexity index is 1220. The Labute approximate surface area is 200 Å². The largest absolute Gasteiger partial charge is 0.492 e. The first-order valence-corrected chi connectivity index (χ1v) is 13.0. The number of nitrogens with zero attached hydrogens (tertiary/aromatic N) is 2. The predicted octanol–water partition coefficient (Wildman–Crippen LogP) is 3.38. The molecule has 0 aromatic heterocycles. The van der Waals surface area contributed by atoms with Gasteiger partial charge in [0.2, 0.25) is 21.8 Å². The maximum atomic E-state index is 13.4. The van der Waals surface area contributed by atoms with Crippen LogP contribution >= 0.6 is 0 Å². The van der Waals surface area contributed by atoms with Crippen LogP contribution in [0.2, 0.25) is 0 Å². The average molecular weight is 486 g/mol. The Morgan fingerprint density at radius 1 is 1.15 bits per heavy atom. The number of anilines is 2. The van der Waals surface area contributed by atoms with E-state index in [0.717, 1.165) is 5.69 Å². The molecular weight excluding hydrogens is 454 g/mol. The van der Waals surface area contributed by atoms with Crippen molar-refractivity contribution in [3.63, 3.8) is 0 Å². The van der Waals surface area contributed by atoms with Crippen molar-refractivity contribution >= 4 is 33.2 Å². The molecule has 0 bridgehead atoms. The summed E-state index contributed by atoms with van der Waals surface area (Å²) in [6.07, 6.45) is 0.860. The Hall–Kier alpha value is -2.91. The van der Waals surface area contributed by atoms with Crippen LogP contribution < -0.4 is 15.0 Å². The van der Waals surface area contributed by atoms with Crippen LogP contribution in [0.5, 0.6) is 5.75 Å². The number of piperidine rings is 1. The molecule has 9 heteroatoms. The van der Waals surface area contributed by atoms with Crippen molar-refractivity contribution in [1.29, 1.82) is 0 Å². The first kappa shape index (κ1) is 24.2. The molecule has 1 fully saturated rings. The highest BCUT2D eigenvalue weighted by molar-refractivity contribution is 7.89. The molecule has 182 valence electrons. The van der Waals surface area contributed by atoms with Gasteiger partial charge in [0.15, 0.2) is 0 Å². The first-order chi connectivity index (χ1) is 16.1. The summed E-state index contributed by atoms with van der Waals surface area (Å²) in [4.78, 5) is 27.1. The molecule has 0 spiro atoms. The Morgan fingerprint density at radius 3 is 2.50 bits per heavy atom. The van der Waals surface area contributed by atoms with Crippen LogP contribution in [0.3, 0.4) is 0 Å². The molecular formula is C25H31N3O5S. The number of benzene rings is 2. The van der Waals surface area contributed by atoms with E-state index in [1.165, 1.54) is 4.31 Å². The zero-order valence-corrected chi connectivity index (χ0v) is 20.8. The summed E-state index contributed by atoms with van der Waals surface area (Å²) < 4.78 is 33.7. The number of hydrogen-bond donors (Lipinski definition) is 1. The topological polar surface area (TPSA) is 96.0 Å². The molecule has 8 nitrogen and oxygen atoms in total. The number of sulfonamides is 1. The van der Waals surface area contributed by atoms with Crippen LogP contribution in [-0.2, 0) is 25.0 Å². The molecule has 0 atom stereocenters. The third kappa shape index (κ3) is 4.18. The molecule has 0 saturated carbocycles. The van der Waals surface area contributed by atoms with Gasteiger partial charge >= 0.3 is 0 Å². The lowest BCUT2D eigenvalue weighted by atomic mass is 9.86. The fourth-order valence-corrected chi connectivity index (χ4v) is 6.20. The predicted molar refractivity (Wildman–Crippen MR) is 131 cm³/mol. The summed E-state index contributed by atoms with van der Waals surface area (Å²) in [5.41, 5.74) is 1.28. The Morgan fingerprint density at radius 2 is 1.82 bits per heavy atom. The molecule has 0 unspecified atom stereocenters. The second-order valence-electron chi connectivity index (χ2n) is 9.26. The van der Waals surface area contributed by atoms with Crippen LogP contribution in [0.25, 0.3) is 0 Å². The quantitative estimate of drug-likeness (QED) is 0.677. The highest BCUT2D eigenvalue weighted by Gasteiger charge is 2.43. The molecule has 0 radical (unpaired) electrons. The molecule has 0 aliphatic carbocycles. The van der Waals surface area contributed by atoms with Gasteiger partial charge in [-0.3, -0.25) is 9.59 Å². The summed E-state index contributed by atoms with van der Waals surface area (Å²) >= 11 is 0. The molecule has 4 rings (SSSR count). The van der Waals surface area contributed by atoms with Crippen molar-refractivity contribution in [2.24, 2.45) is 5.92 Å². The summed E-state index contributed by atoms with van der Waals surface area (Å²) in [5, 5.41) is 2.93. The lowest BCUT2D eigenvalue weighted by Crippen LogP contribution is -2.41. The van der Waals surface area contributed by atoms with Crippen molar-refractivity contribution in [2.75, 3.05) is 37.0 Å². The van der Waals surface area contributed by atoms with Gasteiger partial charge in [-0.2, -0.15) is 4.31 Å². The maximum Gasteiger partial charge on any atom is 0.243 e. The van der Waals surface area contributed by atoms with Gasteiger partial charge in [0.1, 0.15) is 5.75 Å². The third-order valence-corrected chi connectivity index (χ3v) is 8.64. The number of carbonyl (C=O) groups excluding carboxylic acids is 2. The summed E-state index contributed by atoms with van der Waals surface area (Å²) in [6.45, 7) is 6.50. The third-order valence-electron chi connectivity index (χ3n) is 6.75. The molecule has 2 heterocycles. The van der Waals surface area contributed by atoms with E-state index in [-0.39, 0.29) is 35.7 Å². The number of fused-ring (bicyclic) bond motifs is 1. The normalized spacial score (nSPS) is 18.6. The fraction of sp³-hybridized carbons (Fsp3) is 0.440. The number of para-hydroxylation sites is 2. The molecule has 2 aliphatic rings. The lowest BCUT2D eigenvalue weighted by molar-refractivity contribution is -0.122. The highest BCUT2D eigenvalue weighted by atomic mass is 32.2. The van der Waals surface area contributed by atoms with Gasteiger partial charge in [-0.25, -0.2) is 8.42 Å². The van der Waals surface area contributed by atoms with E-state index in [1.54, 1.807) is 42.3 Å². The van der Waals surface area contributed by atoms with Gasteiger partial charge in [-0.15, -0.1) is 0 Å². The minimum Gasteiger partial charge on any atom is -0.492 e. The van der Waals surface area contributed by atoms with Crippen molar-refractivity contribution in [3.8, 4) is 5.75 Å². The minimum absolute atomic E-state index is 0.0604. The van der Waals surface area contributed by atoms with E-state index in [9.17, 15) is 18.0 Å². The fourth-order valence-electron chi connectivity index (χ4n) is 4.71. The molecule has 2 aliphatic heterocycles. The van der Waals surface area contributed by atoms with Gasteiger partial charge < -0.3 is 15.0 Å². The molecule has 2 amide bonds. The maximum absolute atomic E-state index is 13.4. The number of carbonyl (C=O) groups is 2. The summed E-state index contributed by atoms with van der Waals surface area (Å²) in [5.74, 6) is 0.133. The Balaban J connectivity index is 1.45. The number of likely N-dealkylation sites (N-methyl/N-ethyl adjacent to an activating group) is 1. The van der Waals surface area contributed by atoms with E-state index in [4.69, 9.17) is 4.74 Å². The van der Waals surface area contributed by atoms with E-state index < -0.39 is 15.4 Å². The number of ether oxygens (including phenoxy) is 1. The van der Waals surface area contributed by atoms with Crippen molar-refractivity contribution in [1.82, 2.24) is 4.31 Å². The zero-order chi connectivity index (χ0) is 24.7. The average Bonchev–Trinajstić information content (AvgIpc) is 3.00. The van der Waals surface area contributed by atoms with Gasteiger partial charge in [-0.1, -0.05) is 12.1 Å². The number of rotatable bonds is 6. The Kier molecular flexibility index (Phi) is 6.44. The van der Waals surface area contributed by atoms with Crippen molar-refractivity contribution in [2.45, 2.75) is 43.9 Å². The molecule has 1 N–H and O–H groups in total. The van der Waals surface area contributed by atoms with Gasteiger partial charge in [0.05, 0.1) is 22.6 Å². The van der Waals surface area contributed by atoms with Crippen LogP contribution in [0.4, 0.5) is 11.4 Å². The van der Waals surface area contributed by atoms with E-state index >= 15 is 0 Å². The van der Waals surface area contributed by atoms with E-state index in [1.807, 2.05) is 32.9 Å². The van der Waals surface area contributed by atoms with Crippen LogP contribution in [0.15, 0.2) is 47.4 Å². The molecule has 2 aromatic rings. The first-order valence-electron chi connectivity index (χ1n) is 11.5. The smallest absolute Gasteiger partial charge is 0.243 e. The summed E-state index contributed by atoms with van der Waals surface area (Å²) in [7, 11) is -2.04. The lowest BCUT2D eigenvalue weighted by Gasteiger charge is -2.31. The van der Waals surface area contributed by atoms with E-state index in [2.05, 4.69) is 5.32 Å². The molecule has 2 aromatic carbocycles. The van der Waals surface area contributed by atoms with E-state index in [0.29, 0.717) is 36.4 Å². The zero-order valence-electron chi connectivity index (χ0n) is 20.0. The summed E-state index contributed by atoms with van der Waals surface area (Å²) in [6, 6.07) is 12.1. The van der Waals surface area contributed by atoms with Crippen LogP contribution in [-0.4, -0.2) is 51.3 Å². The standard InChI is InChI=1S/C25H31N3O5S/c1-5-33-22-9-7-6-8-20(22)26-23(29)17-12-14-28(15-13-17)34(31,32)18-10-11-21-19(16-18)25(2,3)24(30)27(21)4/h6-11,16-17H,5,12-15H2,1-4H3,(H,26,29). The number of nitrogens with one attached hydrogen (secondary N) is 1. The van der Waals surface area contributed by atoms with Crippen LogP contribution in [0.1, 0.15) is 39.2 Å². The van der Waals surface area contributed by atoms with Gasteiger partial charge in [0, 0.05) is 31.7 Å².